The van der Waals surface area contributed by atoms with Crippen LogP contribution < -0.4 is 5.32 Å². The van der Waals surface area contributed by atoms with E-state index < -0.39 is 0 Å². The summed E-state index contributed by atoms with van der Waals surface area (Å²) in [5.41, 5.74) is 1.31. The average Bonchev–Trinajstić information content (AvgIpc) is 2.86. The van der Waals surface area contributed by atoms with Crippen molar-refractivity contribution in [2.24, 2.45) is 11.8 Å². The van der Waals surface area contributed by atoms with Gasteiger partial charge in [0.25, 0.3) is 0 Å². The van der Waals surface area contributed by atoms with E-state index in [1.54, 1.807) is 0 Å². The number of rotatable bonds is 6. The second kappa shape index (κ2) is 7.28. The minimum absolute atomic E-state index is 0.345. The Balaban J connectivity index is 1.75. The first-order chi connectivity index (χ1) is 9.19. The van der Waals surface area contributed by atoms with Crippen LogP contribution in [0.3, 0.4) is 0 Å². The van der Waals surface area contributed by atoms with E-state index in [1.807, 2.05) is 12.1 Å². The summed E-state index contributed by atoms with van der Waals surface area (Å²) < 4.78 is 0. The largest absolute Gasteiger partial charge is 0.396 e. The van der Waals surface area contributed by atoms with Crippen molar-refractivity contribution >= 4 is 11.6 Å². The Bertz CT molecular complexity index is 379. The summed E-state index contributed by atoms with van der Waals surface area (Å²) >= 11 is 5.89. The number of nitrogens with one attached hydrogen (secondary N) is 1. The molecule has 1 aromatic carbocycles. The summed E-state index contributed by atoms with van der Waals surface area (Å²) in [5, 5.41) is 13.7. The molecule has 0 aliphatic heterocycles. The first-order valence-corrected chi connectivity index (χ1v) is 7.65. The lowest BCUT2D eigenvalue weighted by molar-refractivity contribution is 0.190. The predicted molar refractivity (Wildman–Crippen MR) is 80.5 cm³/mol. The average molecular weight is 282 g/mol. The van der Waals surface area contributed by atoms with Crippen LogP contribution >= 0.6 is 11.6 Å². The molecule has 0 aromatic heterocycles. The monoisotopic (exact) mass is 281 g/mol. The molecule has 2 rings (SSSR count). The molecular formula is C16H24ClNO. The van der Waals surface area contributed by atoms with E-state index >= 15 is 0 Å². The first kappa shape index (κ1) is 14.8. The van der Waals surface area contributed by atoms with Gasteiger partial charge in [0.15, 0.2) is 0 Å². The number of halogens is 1. The maximum absolute atomic E-state index is 9.32. The second-order valence-electron chi connectivity index (χ2n) is 5.77. The minimum atomic E-state index is 0.345. The molecule has 106 valence electrons. The number of hydrogen-bond acceptors (Lipinski definition) is 2. The smallest absolute Gasteiger partial charge is 0.0462 e. The van der Waals surface area contributed by atoms with Crippen LogP contribution in [0, 0.1) is 11.8 Å². The zero-order valence-electron chi connectivity index (χ0n) is 11.6. The van der Waals surface area contributed by atoms with Gasteiger partial charge in [0.05, 0.1) is 0 Å². The van der Waals surface area contributed by atoms with Crippen LogP contribution in [0.25, 0.3) is 0 Å². The summed E-state index contributed by atoms with van der Waals surface area (Å²) in [5.74, 6) is 1.16. The molecule has 0 amide bonds. The topological polar surface area (TPSA) is 32.3 Å². The summed E-state index contributed by atoms with van der Waals surface area (Å²) in [6.07, 6.45) is 4.73. The maximum atomic E-state index is 9.32. The lowest BCUT2D eigenvalue weighted by Crippen LogP contribution is -2.34. The zero-order chi connectivity index (χ0) is 13.7. The molecular weight excluding hydrogens is 258 g/mol. The highest BCUT2D eigenvalue weighted by Crippen LogP contribution is 2.30. The number of aliphatic hydroxyl groups is 1. The van der Waals surface area contributed by atoms with Crippen LogP contribution in [0.4, 0.5) is 0 Å². The number of hydrogen-bond donors (Lipinski definition) is 2. The third-order valence-electron chi connectivity index (χ3n) is 4.23. The maximum Gasteiger partial charge on any atom is 0.0462 e. The van der Waals surface area contributed by atoms with Crippen molar-refractivity contribution in [3.8, 4) is 0 Å². The van der Waals surface area contributed by atoms with Gasteiger partial charge >= 0.3 is 0 Å². The van der Waals surface area contributed by atoms with E-state index in [4.69, 9.17) is 11.6 Å². The summed E-state index contributed by atoms with van der Waals surface area (Å²) in [6, 6.07) is 8.53. The fraction of sp³-hybridized carbons (Fsp3) is 0.625. The van der Waals surface area contributed by atoms with E-state index in [1.165, 1.54) is 24.8 Å². The zero-order valence-corrected chi connectivity index (χ0v) is 12.4. The molecule has 1 saturated carbocycles. The molecule has 0 bridgehead atoms. The molecule has 2 nitrogen and oxygen atoms in total. The van der Waals surface area contributed by atoms with E-state index in [-0.39, 0.29) is 0 Å². The third kappa shape index (κ3) is 4.48. The predicted octanol–water partition coefficient (Wildman–Crippen LogP) is 3.27. The summed E-state index contributed by atoms with van der Waals surface area (Å²) in [6.45, 7) is 3.59. The van der Waals surface area contributed by atoms with Crippen molar-refractivity contribution in [3.05, 3.63) is 34.9 Å². The Morgan fingerprint density at radius 3 is 2.63 bits per heavy atom. The fourth-order valence-corrected chi connectivity index (χ4v) is 3.15. The Hall–Kier alpha value is -0.570. The van der Waals surface area contributed by atoms with Gasteiger partial charge in [-0.1, -0.05) is 30.2 Å². The van der Waals surface area contributed by atoms with Gasteiger partial charge in [-0.15, -0.1) is 0 Å². The number of aliphatic hydroxyl groups excluding tert-OH is 1. The highest BCUT2D eigenvalue weighted by Gasteiger charge is 2.26. The molecule has 0 saturated heterocycles. The first-order valence-electron chi connectivity index (χ1n) is 7.27. The van der Waals surface area contributed by atoms with E-state index in [0.29, 0.717) is 24.5 Å². The van der Waals surface area contributed by atoms with Gasteiger partial charge in [0.1, 0.15) is 0 Å². The molecule has 3 atom stereocenters. The Kier molecular flexibility index (Phi) is 5.68. The van der Waals surface area contributed by atoms with Crippen LogP contribution in [0.15, 0.2) is 24.3 Å². The Labute approximate surface area is 121 Å². The van der Waals surface area contributed by atoms with Crippen molar-refractivity contribution < 1.29 is 5.11 Å². The van der Waals surface area contributed by atoms with Crippen LogP contribution in [0.1, 0.15) is 31.7 Å². The van der Waals surface area contributed by atoms with Gasteiger partial charge < -0.3 is 10.4 Å². The van der Waals surface area contributed by atoms with Crippen molar-refractivity contribution in [1.82, 2.24) is 5.32 Å². The van der Waals surface area contributed by atoms with E-state index in [2.05, 4.69) is 24.4 Å². The standard InChI is InChI=1S/C16H24ClNO/c1-12(9-13-5-7-16(17)8-6-13)18-10-14-3-2-4-15(14)11-19/h5-8,12,14-15,18-19H,2-4,9-11H2,1H3. The van der Waals surface area contributed by atoms with Crippen LogP contribution in [-0.4, -0.2) is 24.3 Å². The molecule has 1 aliphatic carbocycles. The lowest BCUT2D eigenvalue weighted by Gasteiger charge is -2.21. The van der Waals surface area contributed by atoms with Crippen molar-refractivity contribution in [2.45, 2.75) is 38.6 Å². The molecule has 1 aromatic rings. The Morgan fingerprint density at radius 1 is 1.26 bits per heavy atom. The quantitative estimate of drug-likeness (QED) is 0.839. The second-order valence-corrected chi connectivity index (χ2v) is 6.21. The fourth-order valence-electron chi connectivity index (χ4n) is 3.02. The molecule has 0 heterocycles. The number of benzene rings is 1. The minimum Gasteiger partial charge on any atom is -0.396 e. The van der Waals surface area contributed by atoms with Crippen LogP contribution in [-0.2, 0) is 6.42 Å². The van der Waals surface area contributed by atoms with Crippen LogP contribution in [0.2, 0.25) is 5.02 Å². The lowest BCUT2D eigenvalue weighted by atomic mass is 9.96. The third-order valence-corrected chi connectivity index (χ3v) is 4.49. The molecule has 1 aliphatic rings. The molecule has 2 N–H and O–H groups in total. The van der Waals surface area contributed by atoms with Gasteiger partial charge in [0, 0.05) is 17.7 Å². The van der Waals surface area contributed by atoms with Crippen molar-refractivity contribution in [3.63, 3.8) is 0 Å². The van der Waals surface area contributed by atoms with Crippen LogP contribution in [0.5, 0.6) is 0 Å². The molecule has 1 fully saturated rings. The van der Waals surface area contributed by atoms with Gasteiger partial charge in [-0.25, -0.2) is 0 Å². The highest BCUT2D eigenvalue weighted by atomic mass is 35.5. The molecule has 19 heavy (non-hydrogen) atoms. The van der Waals surface area contributed by atoms with E-state index in [9.17, 15) is 5.11 Å². The van der Waals surface area contributed by atoms with Gasteiger partial charge in [-0.3, -0.25) is 0 Å². The normalized spacial score (nSPS) is 24.6. The highest BCUT2D eigenvalue weighted by molar-refractivity contribution is 6.30. The van der Waals surface area contributed by atoms with Gasteiger partial charge in [0.2, 0.25) is 0 Å². The molecule has 0 spiro atoms. The van der Waals surface area contributed by atoms with Gasteiger partial charge in [-0.05, 0) is 62.3 Å². The SMILES string of the molecule is CC(Cc1ccc(Cl)cc1)NCC1CCCC1CO. The van der Waals surface area contributed by atoms with Gasteiger partial charge in [-0.2, -0.15) is 0 Å². The molecule has 3 unspecified atom stereocenters. The molecule has 3 heteroatoms. The summed E-state index contributed by atoms with van der Waals surface area (Å²) in [7, 11) is 0. The molecule has 0 radical (unpaired) electrons. The van der Waals surface area contributed by atoms with E-state index in [0.717, 1.165) is 18.0 Å². The summed E-state index contributed by atoms with van der Waals surface area (Å²) in [4.78, 5) is 0. The Morgan fingerprint density at radius 2 is 1.95 bits per heavy atom. The van der Waals surface area contributed by atoms with Crippen molar-refractivity contribution in [2.75, 3.05) is 13.2 Å². The van der Waals surface area contributed by atoms with Crippen molar-refractivity contribution in [1.29, 1.82) is 0 Å².